The third-order valence-electron chi connectivity index (χ3n) is 4.48. The monoisotopic (exact) mass is 426 g/mol. The molecule has 0 saturated carbocycles. The van der Waals surface area contributed by atoms with Crippen molar-refractivity contribution in [3.05, 3.63) is 59.4 Å². The van der Waals surface area contributed by atoms with Gasteiger partial charge in [-0.25, -0.2) is 12.8 Å². The predicted octanol–water partition coefficient (Wildman–Crippen LogP) is 2.78. The van der Waals surface area contributed by atoms with Crippen LogP contribution in [0, 0.1) is 5.82 Å². The molecule has 9 heteroatoms. The molecule has 0 spiro atoms. The highest BCUT2D eigenvalue weighted by atomic mass is 35.5. The Kier molecular flexibility index (Phi) is 6.22. The Labute approximate surface area is 168 Å². The summed E-state index contributed by atoms with van der Waals surface area (Å²) in [6, 6.07) is 12.3. The maximum Gasteiger partial charge on any atom is 0.263 e. The van der Waals surface area contributed by atoms with E-state index in [2.05, 4.69) is 0 Å². The smallest absolute Gasteiger partial charge is 0.263 e. The molecule has 1 amide bonds. The molecule has 28 heavy (non-hydrogen) atoms. The SMILES string of the molecule is C[C@@H](Oc1ccccc1)C(=O)N1CCN(S(=O)(=O)c2ccc(F)c(Cl)c2)CC1. The molecule has 1 heterocycles. The van der Waals surface area contributed by atoms with Gasteiger partial charge in [0.25, 0.3) is 5.91 Å². The molecule has 6 nitrogen and oxygen atoms in total. The van der Waals surface area contributed by atoms with Crippen molar-refractivity contribution in [3.63, 3.8) is 0 Å². The van der Waals surface area contributed by atoms with Crippen molar-refractivity contribution in [3.8, 4) is 5.75 Å². The minimum Gasteiger partial charge on any atom is -0.481 e. The fourth-order valence-corrected chi connectivity index (χ4v) is 4.64. The van der Waals surface area contributed by atoms with Crippen LogP contribution in [0.25, 0.3) is 0 Å². The summed E-state index contributed by atoms with van der Waals surface area (Å²) in [5.41, 5.74) is 0. The molecule has 1 fully saturated rings. The number of nitrogens with zero attached hydrogens (tertiary/aromatic N) is 2. The molecule has 0 bridgehead atoms. The minimum atomic E-state index is -3.81. The van der Waals surface area contributed by atoms with E-state index in [0.717, 1.165) is 12.1 Å². The first-order valence-corrected chi connectivity index (χ1v) is 10.6. The van der Waals surface area contributed by atoms with Gasteiger partial charge in [-0.15, -0.1) is 0 Å². The van der Waals surface area contributed by atoms with E-state index < -0.39 is 21.9 Å². The maximum atomic E-state index is 13.3. The summed E-state index contributed by atoms with van der Waals surface area (Å²) < 4.78 is 45.7. The summed E-state index contributed by atoms with van der Waals surface area (Å²) in [7, 11) is -3.81. The van der Waals surface area contributed by atoms with E-state index >= 15 is 0 Å². The number of ether oxygens (including phenoxy) is 1. The highest BCUT2D eigenvalue weighted by Crippen LogP contribution is 2.23. The van der Waals surface area contributed by atoms with Crippen LogP contribution in [-0.4, -0.2) is 55.8 Å². The lowest BCUT2D eigenvalue weighted by Crippen LogP contribution is -2.53. The largest absolute Gasteiger partial charge is 0.481 e. The van der Waals surface area contributed by atoms with Crippen molar-refractivity contribution in [1.82, 2.24) is 9.21 Å². The molecule has 0 N–H and O–H groups in total. The van der Waals surface area contributed by atoms with Gasteiger partial charge in [0, 0.05) is 26.2 Å². The average Bonchev–Trinajstić information content (AvgIpc) is 2.70. The van der Waals surface area contributed by atoms with Gasteiger partial charge in [0.2, 0.25) is 10.0 Å². The van der Waals surface area contributed by atoms with Crippen LogP contribution in [0.2, 0.25) is 5.02 Å². The number of para-hydroxylation sites is 1. The molecule has 2 aromatic carbocycles. The highest BCUT2D eigenvalue weighted by molar-refractivity contribution is 7.89. The molecular weight excluding hydrogens is 407 g/mol. The Hall–Kier alpha value is -2.16. The van der Waals surface area contributed by atoms with E-state index in [0.29, 0.717) is 5.75 Å². The van der Waals surface area contributed by atoms with E-state index in [1.54, 1.807) is 24.0 Å². The zero-order valence-electron chi connectivity index (χ0n) is 15.2. The molecule has 1 aliphatic rings. The maximum absolute atomic E-state index is 13.3. The molecule has 0 aliphatic carbocycles. The van der Waals surface area contributed by atoms with Crippen molar-refractivity contribution < 1.29 is 22.3 Å². The lowest BCUT2D eigenvalue weighted by molar-refractivity contribution is -0.139. The molecule has 1 saturated heterocycles. The number of rotatable bonds is 5. The Morgan fingerprint density at radius 2 is 1.75 bits per heavy atom. The quantitative estimate of drug-likeness (QED) is 0.737. The summed E-state index contributed by atoms with van der Waals surface area (Å²) in [5, 5.41) is -0.248. The Morgan fingerprint density at radius 3 is 2.36 bits per heavy atom. The van der Waals surface area contributed by atoms with E-state index in [4.69, 9.17) is 16.3 Å². The summed E-state index contributed by atoms with van der Waals surface area (Å²) in [6.45, 7) is 2.44. The Morgan fingerprint density at radius 1 is 1.11 bits per heavy atom. The van der Waals surface area contributed by atoms with Crippen LogP contribution in [-0.2, 0) is 14.8 Å². The Balaban J connectivity index is 1.61. The van der Waals surface area contributed by atoms with Gasteiger partial charge < -0.3 is 9.64 Å². The zero-order chi connectivity index (χ0) is 20.3. The second-order valence-electron chi connectivity index (χ2n) is 6.38. The fraction of sp³-hybridized carbons (Fsp3) is 0.316. The number of hydrogen-bond acceptors (Lipinski definition) is 4. The standard InChI is InChI=1S/C19H20ClFN2O4S/c1-14(27-15-5-3-2-4-6-15)19(24)22-9-11-23(12-10-22)28(25,26)16-7-8-18(21)17(20)13-16/h2-8,13-14H,9-12H2,1H3/t14-/m1/s1. The van der Waals surface area contributed by atoms with Crippen LogP contribution in [0.5, 0.6) is 5.75 Å². The summed E-state index contributed by atoms with van der Waals surface area (Å²) in [5.74, 6) is -0.285. The molecule has 0 unspecified atom stereocenters. The van der Waals surface area contributed by atoms with Crippen molar-refractivity contribution in [1.29, 1.82) is 0 Å². The van der Waals surface area contributed by atoms with Gasteiger partial charge >= 0.3 is 0 Å². The number of carbonyl (C=O) groups excluding carboxylic acids is 1. The van der Waals surface area contributed by atoms with Gasteiger partial charge in [-0.3, -0.25) is 4.79 Å². The van der Waals surface area contributed by atoms with E-state index in [1.807, 2.05) is 18.2 Å². The number of piperazine rings is 1. The number of halogens is 2. The molecule has 1 atom stereocenters. The van der Waals surface area contributed by atoms with Crippen LogP contribution in [0.4, 0.5) is 4.39 Å². The number of benzene rings is 2. The first kappa shape index (κ1) is 20.6. The highest BCUT2D eigenvalue weighted by Gasteiger charge is 2.32. The van der Waals surface area contributed by atoms with E-state index in [-0.39, 0.29) is 42.0 Å². The number of amides is 1. The van der Waals surface area contributed by atoms with Crippen LogP contribution in [0.1, 0.15) is 6.92 Å². The topological polar surface area (TPSA) is 66.9 Å². The van der Waals surface area contributed by atoms with Crippen molar-refractivity contribution in [2.45, 2.75) is 17.9 Å². The number of sulfonamides is 1. The molecule has 150 valence electrons. The van der Waals surface area contributed by atoms with Crippen LogP contribution >= 0.6 is 11.6 Å². The third kappa shape index (κ3) is 4.45. The summed E-state index contributed by atoms with van der Waals surface area (Å²) >= 11 is 5.70. The Bertz CT molecular complexity index is 948. The summed E-state index contributed by atoms with van der Waals surface area (Å²) in [4.78, 5) is 14.1. The van der Waals surface area contributed by atoms with Crippen molar-refractivity contribution >= 4 is 27.5 Å². The van der Waals surface area contributed by atoms with Gasteiger partial charge in [-0.2, -0.15) is 4.31 Å². The van der Waals surface area contributed by atoms with Gasteiger partial charge in [0.05, 0.1) is 9.92 Å². The molecular formula is C19H20ClFN2O4S. The number of carbonyl (C=O) groups is 1. The van der Waals surface area contributed by atoms with Crippen LogP contribution < -0.4 is 4.74 Å². The number of hydrogen-bond donors (Lipinski definition) is 0. The lowest BCUT2D eigenvalue weighted by Gasteiger charge is -2.35. The average molecular weight is 427 g/mol. The van der Waals surface area contributed by atoms with Crippen molar-refractivity contribution in [2.75, 3.05) is 26.2 Å². The molecule has 1 aliphatic heterocycles. The lowest BCUT2D eigenvalue weighted by atomic mass is 10.3. The van der Waals surface area contributed by atoms with Gasteiger partial charge in [0.15, 0.2) is 6.10 Å². The van der Waals surface area contributed by atoms with E-state index in [1.165, 1.54) is 10.4 Å². The first-order chi connectivity index (χ1) is 13.3. The van der Waals surface area contributed by atoms with Crippen LogP contribution in [0.3, 0.4) is 0 Å². The molecule has 2 aromatic rings. The van der Waals surface area contributed by atoms with Gasteiger partial charge in [0.1, 0.15) is 11.6 Å². The van der Waals surface area contributed by atoms with Crippen molar-refractivity contribution in [2.24, 2.45) is 0 Å². The second-order valence-corrected chi connectivity index (χ2v) is 8.72. The first-order valence-electron chi connectivity index (χ1n) is 8.75. The third-order valence-corrected chi connectivity index (χ3v) is 6.67. The van der Waals surface area contributed by atoms with Gasteiger partial charge in [-0.05, 0) is 37.3 Å². The molecule has 0 radical (unpaired) electrons. The second kappa shape index (κ2) is 8.46. The normalized spacial score (nSPS) is 16.6. The summed E-state index contributed by atoms with van der Waals surface area (Å²) in [6.07, 6.45) is -0.679. The zero-order valence-corrected chi connectivity index (χ0v) is 16.8. The van der Waals surface area contributed by atoms with Gasteiger partial charge in [-0.1, -0.05) is 29.8 Å². The van der Waals surface area contributed by atoms with Crippen LogP contribution in [0.15, 0.2) is 53.4 Å². The van der Waals surface area contributed by atoms with E-state index in [9.17, 15) is 17.6 Å². The minimum absolute atomic E-state index is 0.0699. The fourth-order valence-electron chi connectivity index (χ4n) is 2.95. The molecule has 0 aromatic heterocycles. The predicted molar refractivity (Wildman–Crippen MR) is 103 cm³/mol. The molecule has 3 rings (SSSR count).